The second kappa shape index (κ2) is 7.31. The van der Waals surface area contributed by atoms with Gasteiger partial charge in [0.1, 0.15) is 11.8 Å². The van der Waals surface area contributed by atoms with Gasteiger partial charge in [0.2, 0.25) is 0 Å². The van der Waals surface area contributed by atoms with E-state index in [1.54, 1.807) is 18.0 Å². The van der Waals surface area contributed by atoms with Crippen LogP contribution in [0.1, 0.15) is 23.5 Å². The van der Waals surface area contributed by atoms with Crippen molar-refractivity contribution < 1.29 is 4.42 Å². The van der Waals surface area contributed by atoms with Crippen molar-refractivity contribution in [2.75, 3.05) is 7.05 Å². The lowest BCUT2D eigenvalue weighted by molar-refractivity contribution is 0.289. The maximum atomic E-state index is 6.13. The maximum Gasteiger partial charge on any atom is 0.170 e. The summed E-state index contributed by atoms with van der Waals surface area (Å²) in [4.78, 5) is 7.57. The van der Waals surface area contributed by atoms with Crippen molar-refractivity contribution in [3.05, 3.63) is 77.3 Å². The molecule has 0 aliphatic carbocycles. The summed E-state index contributed by atoms with van der Waals surface area (Å²) in [7, 11) is 1.97. The second-order valence-corrected chi connectivity index (χ2v) is 7.85. The molecule has 0 unspecified atom stereocenters. The average Bonchev–Trinajstić information content (AvgIpc) is 3.22. The van der Waals surface area contributed by atoms with Crippen LogP contribution in [0.4, 0.5) is 0 Å². The first kappa shape index (κ1) is 17.4. The maximum absolute atomic E-state index is 6.13. The van der Waals surface area contributed by atoms with Crippen molar-refractivity contribution in [1.29, 1.82) is 0 Å². The van der Waals surface area contributed by atoms with Gasteiger partial charge in [-0.3, -0.25) is 4.98 Å². The van der Waals surface area contributed by atoms with Crippen molar-refractivity contribution in [2.45, 2.75) is 22.1 Å². The van der Waals surface area contributed by atoms with Gasteiger partial charge < -0.3 is 14.6 Å². The number of aromatic nitrogens is 1. The molecule has 0 saturated carbocycles. The first-order valence-corrected chi connectivity index (χ1v) is 9.69. The summed E-state index contributed by atoms with van der Waals surface area (Å²) in [5, 5.41) is 5.59. The number of likely N-dealkylation sites (N-methyl/N-ethyl adjacent to an activating group) is 1. The van der Waals surface area contributed by atoms with Crippen LogP contribution in [0.5, 0.6) is 0 Å². The minimum atomic E-state index is -0.0479. The monoisotopic (exact) mass is 401 g/mol. The van der Waals surface area contributed by atoms with E-state index >= 15 is 0 Å². The molecule has 4 rings (SSSR count). The zero-order valence-electron chi connectivity index (χ0n) is 13.9. The Labute approximate surface area is 166 Å². The van der Waals surface area contributed by atoms with E-state index in [0.29, 0.717) is 5.11 Å². The van der Waals surface area contributed by atoms with Crippen molar-refractivity contribution in [3.8, 4) is 0 Å². The number of hydrogen-bond donors (Lipinski definition) is 1. The summed E-state index contributed by atoms with van der Waals surface area (Å²) in [6, 6.07) is 17.5. The van der Waals surface area contributed by atoms with Gasteiger partial charge in [-0.05, 0) is 60.7 Å². The van der Waals surface area contributed by atoms with Gasteiger partial charge in [-0.15, -0.1) is 0 Å². The van der Waals surface area contributed by atoms with Gasteiger partial charge >= 0.3 is 0 Å². The van der Waals surface area contributed by atoms with E-state index < -0.39 is 0 Å². The summed E-state index contributed by atoms with van der Waals surface area (Å²) < 4.78 is 6.13. The van der Waals surface area contributed by atoms with E-state index in [-0.39, 0.29) is 12.1 Å². The van der Waals surface area contributed by atoms with Crippen molar-refractivity contribution in [1.82, 2.24) is 15.2 Å². The third kappa shape index (κ3) is 3.45. The molecule has 132 valence electrons. The molecule has 3 aromatic rings. The Morgan fingerprint density at radius 3 is 2.69 bits per heavy atom. The molecule has 1 aliphatic rings. The van der Waals surface area contributed by atoms with Crippen molar-refractivity contribution in [3.63, 3.8) is 0 Å². The highest BCUT2D eigenvalue weighted by Crippen LogP contribution is 2.40. The van der Waals surface area contributed by atoms with Crippen LogP contribution in [0.15, 0.2) is 75.2 Å². The molecule has 1 fully saturated rings. The molecule has 4 nitrogen and oxygen atoms in total. The number of nitrogens with one attached hydrogen (secondary N) is 1. The number of nitrogens with zero attached hydrogens (tertiary/aromatic N) is 2. The fourth-order valence-corrected chi connectivity index (χ4v) is 4.13. The molecule has 0 amide bonds. The van der Waals surface area contributed by atoms with Crippen LogP contribution < -0.4 is 5.32 Å². The number of pyridine rings is 1. The SMILES string of the molecule is CN1C(=S)N[C@H](c2ccccn2)[C@@H]1c1ccc(Sc2ccc(Cl)cc2)o1. The number of halogens is 1. The Morgan fingerprint density at radius 1 is 1.15 bits per heavy atom. The number of benzene rings is 1. The molecule has 2 atom stereocenters. The number of thiocarbonyl (C=S) groups is 1. The smallest absolute Gasteiger partial charge is 0.170 e. The summed E-state index contributed by atoms with van der Waals surface area (Å²) in [5.41, 5.74) is 0.938. The van der Waals surface area contributed by atoms with E-state index in [4.69, 9.17) is 28.2 Å². The summed E-state index contributed by atoms with van der Waals surface area (Å²) in [6.45, 7) is 0. The summed E-state index contributed by atoms with van der Waals surface area (Å²) in [6.07, 6.45) is 1.79. The minimum Gasteiger partial charge on any atom is -0.452 e. The van der Waals surface area contributed by atoms with Crippen LogP contribution in [-0.4, -0.2) is 22.0 Å². The van der Waals surface area contributed by atoms with Crippen molar-refractivity contribution >= 4 is 40.7 Å². The second-order valence-electron chi connectivity index (χ2n) is 5.95. The van der Waals surface area contributed by atoms with Crippen molar-refractivity contribution in [2.24, 2.45) is 0 Å². The molecule has 0 bridgehead atoms. The third-order valence-corrected chi connectivity index (χ3v) is 5.85. The lowest BCUT2D eigenvalue weighted by Gasteiger charge is -2.21. The van der Waals surface area contributed by atoms with Crippen LogP contribution in [0.2, 0.25) is 5.02 Å². The van der Waals surface area contributed by atoms with Gasteiger partial charge in [-0.25, -0.2) is 0 Å². The fraction of sp³-hybridized carbons (Fsp3) is 0.158. The standard InChI is InChI=1S/C19H16ClN3OS2/c1-23-18(17(22-19(23)25)14-4-2-3-11-21-14)15-9-10-16(24-15)26-13-7-5-12(20)6-8-13/h2-11,17-18H,1H3,(H,22,25)/t17-,18+/m1/s1. The summed E-state index contributed by atoms with van der Waals surface area (Å²) in [5.74, 6) is 0.854. The fourth-order valence-electron chi connectivity index (χ4n) is 2.98. The molecule has 3 heterocycles. The normalized spacial score (nSPS) is 19.6. The molecule has 2 aromatic heterocycles. The van der Waals surface area contributed by atoms with Crippen LogP contribution in [-0.2, 0) is 0 Å². The third-order valence-electron chi connectivity index (χ3n) is 4.26. The van der Waals surface area contributed by atoms with E-state index in [1.165, 1.54) is 0 Å². The van der Waals surface area contributed by atoms with Gasteiger partial charge in [0.25, 0.3) is 0 Å². The quantitative estimate of drug-likeness (QED) is 0.615. The Bertz CT molecular complexity index is 914. The lowest BCUT2D eigenvalue weighted by atomic mass is 10.0. The first-order chi connectivity index (χ1) is 12.6. The van der Waals surface area contributed by atoms with Crippen LogP contribution in [0.25, 0.3) is 0 Å². The molecule has 1 N–H and O–H groups in total. The minimum absolute atomic E-state index is 0.0445. The highest BCUT2D eigenvalue weighted by atomic mass is 35.5. The number of furan rings is 1. The van der Waals surface area contributed by atoms with Gasteiger partial charge in [-0.2, -0.15) is 0 Å². The topological polar surface area (TPSA) is 41.3 Å². The molecule has 7 heteroatoms. The Kier molecular flexibility index (Phi) is 4.89. The highest BCUT2D eigenvalue weighted by molar-refractivity contribution is 7.99. The molecular weight excluding hydrogens is 386 g/mol. The zero-order chi connectivity index (χ0) is 18.1. The Morgan fingerprint density at radius 2 is 1.96 bits per heavy atom. The van der Waals surface area contributed by atoms with Crippen LogP contribution in [0, 0.1) is 0 Å². The van der Waals surface area contributed by atoms with Gasteiger partial charge in [0.15, 0.2) is 10.2 Å². The van der Waals surface area contributed by atoms with E-state index in [0.717, 1.165) is 26.5 Å². The molecule has 0 radical (unpaired) electrons. The van der Waals surface area contributed by atoms with Gasteiger partial charge in [-0.1, -0.05) is 29.4 Å². The molecule has 1 aliphatic heterocycles. The Hall–Kier alpha value is -2.02. The summed E-state index contributed by atoms with van der Waals surface area (Å²) >= 11 is 13.0. The molecule has 1 saturated heterocycles. The van der Waals surface area contributed by atoms with Gasteiger partial charge in [0.05, 0.1) is 11.7 Å². The molecule has 0 spiro atoms. The first-order valence-electron chi connectivity index (χ1n) is 8.09. The van der Waals surface area contributed by atoms with Crippen LogP contribution in [0.3, 0.4) is 0 Å². The largest absolute Gasteiger partial charge is 0.452 e. The zero-order valence-corrected chi connectivity index (χ0v) is 16.3. The van der Waals surface area contributed by atoms with E-state index in [9.17, 15) is 0 Å². The van der Waals surface area contributed by atoms with E-state index in [1.807, 2.05) is 66.5 Å². The Balaban J connectivity index is 1.60. The number of hydrogen-bond acceptors (Lipinski definition) is 4. The van der Waals surface area contributed by atoms with Crippen LogP contribution >= 0.6 is 35.6 Å². The molecule has 1 aromatic carbocycles. The van der Waals surface area contributed by atoms with Gasteiger partial charge in [0, 0.05) is 23.2 Å². The molecule has 26 heavy (non-hydrogen) atoms. The predicted octanol–water partition coefficient (Wildman–Crippen LogP) is 5.08. The number of rotatable bonds is 4. The predicted molar refractivity (Wildman–Crippen MR) is 107 cm³/mol. The molecular formula is C19H16ClN3OS2. The average molecular weight is 402 g/mol. The lowest BCUT2D eigenvalue weighted by Crippen LogP contribution is -2.24. The van der Waals surface area contributed by atoms with E-state index in [2.05, 4.69) is 10.3 Å². The highest BCUT2D eigenvalue weighted by Gasteiger charge is 2.39.